The number of likely N-dealkylation sites (tertiary alicyclic amines) is 1. The van der Waals surface area contributed by atoms with Gasteiger partial charge >= 0.3 is 0 Å². The van der Waals surface area contributed by atoms with Crippen LogP contribution in [0.5, 0.6) is 0 Å². The van der Waals surface area contributed by atoms with Gasteiger partial charge in [0.05, 0.1) is 13.2 Å². The second-order valence-corrected chi connectivity index (χ2v) is 7.41. The van der Waals surface area contributed by atoms with Gasteiger partial charge in [0, 0.05) is 44.2 Å². The number of amides is 1. The molecular weight excluding hydrogens is 290 g/mol. The largest absolute Gasteiger partial charge is 0.378 e. The third-order valence-electron chi connectivity index (χ3n) is 5.70. The summed E-state index contributed by atoms with van der Waals surface area (Å²) in [5.74, 6) is 0.568. The highest BCUT2D eigenvalue weighted by Gasteiger charge is 2.43. The van der Waals surface area contributed by atoms with Crippen LogP contribution in [0.2, 0.25) is 0 Å². The number of ether oxygens (including phenoxy) is 1. The lowest BCUT2D eigenvalue weighted by Crippen LogP contribution is -2.63. The van der Waals surface area contributed by atoms with Crippen LogP contribution in [0.3, 0.4) is 0 Å². The molecule has 0 radical (unpaired) electrons. The number of hydrogen-bond donors (Lipinski definition) is 0. The van der Waals surface area contributed by atoms with E-state index in [4.69, 9.17) is 4.74 Å². The van der Waals surface area contributed by atoms with Crippen molar-refractivity contribution in [2.24, 2.45) is 5.92 Å². The zero-order valence-corrected chi connectivity index (χ0v) is 15.5. The molecule has 23 heavy (non-hydrogen) atoms. The van der Waals surface area contributed by atoms with Crippen LogP contribution < -0.4 is 0 Å². The quantitative estimate of drug-likeness (QED) is 0.744. The minimum absolute atomic E-state index is 0.152. The van der Waals surface area contributed by atoms with Crippen molar-refractivity contribution in [1.82, 2.24) is 14.7 Å². The topological polar surface area (TPSA) is 36.0 Å². The maximum Gasteiger partial charge on any atom is 0.225 e. The van der Waals surface area contributed by atoms with Crippen LogP contribution in [0.25, 0.3) is 0 Å². The van der Waals surface area contributed by atoms with E-state index in [0.29, 0.717) is 5.91 Å². The lowest BCUT2D eigenvalue weighted by Gasteiger charge is -2.51. The summed E-state index contributed by atoms with van der Waals surface area (Å²) in [5.41, 5.74) is 0.152. The molecular formula is C18H35N3O2. The normalized spacial score (nSPS) is 22.3. The van der Waals surface area contributed by atoms with Crippen molar-refractivity contribution in [2.75, 3.05) is 60.0 Å². The molecule has 0 N–H and O–H groups in total. The van der Waals surface area contributed by atoms with Crippen LogP contribution in [-0.4, -0.2) is 86.2 Å². The third-order valence-corrected chi connectivity index (χ3v) is 5.70. The van der Waals surface area contributed by atoms with E-state index in [1.807, 2.05) is 0 Å². The minimum atomic E-state index is 0.152. The lowest BCUT2D eigenvalue weighted by molar-refractivity contribution is -0.142. The van der Waals surface area contributed by atoms with Crippen LogP contribution >= 0.6 is 0 Å². The van der Waals surface area contributed by atoms with Gasteiger partial charge < -0.3 is 14.5 Å². The second-order valence-electron chi connectivity index (χ2n) is 7.41. The Morgan fingerprint density at radius 1 is 1.17 bits per heavy atom. The highest BCUT2D eigenvalue weighted by molar-refractivity contribution is 5.78. The first-order chi connectivity index (χ1) is 11.0. The lowest BCUT2D eigenvalue weighted by atomic mass is 9.84. The molecule has 0 saturated carbocycles. The van der Waals surface area contributed by atoms with Gasteiger partial charge in [-0.15, -0.1) is 0 Å². The molecule has 1 spiro atoms. The number of morpholine rings is 1. The molecule has 0 aliphatic carbocycles. The molecule has 2 saturated heterocycles. The van der Waals surface area contributed by atoms with Gasteiger partial charge in [-0.05, 0) is 39.8 Å². The average molecular weight is 325 g/mol. The highest BCUT2D eigenvalue weighted by Crippen LogP contribution is 2.32. The van der Waals surface area contributed by atoms with Crippen molar-refractivity contribution in [3.63, 3.8) is 0 Å². The molecule has 5 heteroatoms. The fourth-order valence-corrected chi connectivity index (χ4v) is 3.94. The van der Waals surface area contributed by atoms with Gasteiger partial charge in [-0.25, -0.2) is 0 Å². The van der Waals surface area contributed by atoms with Gasteiger partial charge in [0.1, 0.15) is 0 Å². The fraction of sp³-hybridized carbons (Fsp3) is 0.944. The van der Waals surface area contributed by atoms with Crippen molar-refractivity contribution < 1.29 is 9.53 Å². The Morgan fingerprint density at radius 3 is 2.39 bits per heavy atom. The van der Waals surface area contributed by atoms with E-state index in [0.717, 1.165) is 71.6 Å². The Balaban J connectivity index is 1.95. The Kier molecular flexibility index (Phi) is 6.86. The number of carbonyl (C=O) groups is 1. The van der Waals surface area contributed by atoms with Gasteiger partial charge in [-0.1, -0.05) is 13.8 Å². The van der Waals surface area contributed by atoms with E-state index in [1.54, 1.807) is 0 Å². The molecule has 0 atom stereocenters. The van der Waals surface area contributed by atoms with Gasteiger partial charge in [-0.3, -0.25) is 9.69 Å². The van der Waals surface area contributed by atoms with E-state index in [-0.39, 0.29) is 11.5 Å². The average Bonchev–Trinajstić information content (AvgIpc) is 2.55. The standard InChI is InChI=1S/C18H35N3O2/c1-5-16(6-2)17(22)20-9-7-18(8-10-20)15-23-14-13-21(18)12-11-19(3)4/h16H,5-15H2,1-4H3. The third kappa shape index (κ3) is 4.46. The molecule has 0 aromatic heterocycles. The number of nitrogens with zero attached hydrogens (tertiary/aromatic N) is 3. The SMILES string of the molecule is CCC(CC)C(=O)N1CCC2(CC1)COCCN2CCN(C)C. The molecule has 2 rings (SSSR count). The number of piperidine rings is 1. The summed E-state index contributed by atoms with van der Waals surface area (Å²) in [6.45, 7) is 10.9. The minimum Gasteiger partial charge on any atom is -0.378 e. The van der Waals surface area contributed by atoms with E-state index in [9.17, 15) is 4.79 Å². The summed E-state index contributed by atoms with van der Waals surface area (Å²) in [7, 11) is 4.26. The number of rotatable bonds is 6. The Bertz CT molecular complexity index is 374. The zero-order valence-electron chi connectivity index (χ0n) is 15.5. The Morgan fingerprint density at radius 2 is 1.83 bits per heavy atom. The predicted molar refractivity (Wildman–Crippen MR) is 93.6 cm³/mol. The number of carbonyl (C=O) groups excluding carboxylic acids is 1. The number of hydrogen-bond acceptors (Lipinski definition) is 4. The van der Waals surface area contributed by atoms with Crippen molar-refractivity contribution in [3.05, 3.63) is 0 Å². The summed E-state index contributed by atoms with van der Waals surface area (Å²) in [6.07, 6.45) is 4.00. The molecule has 0 unspecified atom stereocenters. The van der Waals surface area contributed by atoms with E-state index < -0.39 is 0 Å². The Labute approximate surface area is 141 Å². The molecule has 2 fully saturated rings. The van der Waals surface area contributed by atoms with Crippen LogP contribution in [0.4, 0.5) is 0 Å². The molecule has 0 bridgehead atoms. The summed E-state index contributed by atoms with van der Waals surface area (Å²) < 4.78 is 5.83. The van der Waals surface area contributed by atoms with E-state index in [2.05, 4.69) is 42.6 Å². The molecule has 5 nitrogen and oxygen atoms in total. The zero-order chi connectivity index (χ0) is 16.9. The van der Waals surface area contributed by atoms with Crippen molar-refractivity contribution in [1.29, 1.82) is 0 Å². The molecule has 0 aromatic rings. The second kappa shape index (κ2) is 8.45. The summed E-state index contributed by atoms with van der Waals surface area (Å²) in [6, 6.07) is 0. The first kappa shape index (κ1) is 18.7. The molecule has 134 valence electrons. The van der Waals surface area contributed by atoms with E-state index >= 15 is 0 Å². The first-order valence-corrected chi connectivity index (χ1v) is 9.28. The summed E-state index contributed by atoms with van der Waals surface area (Å²) in [4.78, 5) is 19.6. The maximum absolute atomic E-state index is 12.6. The predicted octanol–water partition coefficient (Wildman–Crippen LogP) is 1.68. The smallest absolute Gasteiger partial charge is 0.225 e. The van der Waals surface area contributed by atoms with Crippen LogP contribution in [0.15, 0.2) is 0 Å². The van der Waals surface area contributed by atoms with Crippen LogP contribution in [-0.2, 0) is 9.53 Å². The van der Waals surface area contributed by atoms with E-state index in [1.165, 1.54) is 0 Å². The fourth-order valence-electron chi connectivity index (χ4n) is 3.94. The highest BCUT2D eigenvalue weighted by atomic mass is 16.5. The van der Waals surface area contributed by atoms with Crippen molar-refractivity contribution in [2.45, 2.75) is 45.1 Å². The maximum atomic E-state index is 12.6. The van der Waals surface area contributed by atoms with Crippen LogP contribution in [0, 0.1) is 5.92 Å². The first-order valence-electron chi connectivity index (χ1n) is 9.28. The molecule has 2 aliphatic heterocycles. The molecule has 2 heterocycles. The molecule has 0 aromatic carbocycles. The monoisotopic (exact) mass is 325 g/mol. The van der Waals surface area contributed by atoms with Gasteiger partial charge in [0.25, 0.3) is 0 Å². The molecule has 1 amide bonds. The summed E-state index contributed by atoms with van der Waals surface area (Å²) >= 11 is 0. The number of likely N-dealkylation sites (N-methyl/N-ethyl adjacent to an activating group) is 1. The summed E-state index contributed by atoms with van der Waals surface area (Å²) in [5, 5.41) is 0. The van der Waals surface area contributed by atoms with Gasteiger partial charge in [0.2, 0.25) is 5.91 Å². The molecule has 2 aliphatic rings. The van der Waals surface area contributed by atoms with Gasteiger partial charge in [0.15, 0.2) is 0 Å². The van der Waals surface area contributed by atoms with Crippen LogP contribution in [0.1, 0.15) is 39.5 Å². The Hall–Kier alpha value is -0.650. The van der Waals surface area contributed by atoms with Crippen molar-refractivity contribution >= 4 is 5.91 Å². The van der Waals surface area contributed by atoms with Crippen molar-refractivity contribution in [3.8, 4) is 0 Å². The van der Waals surface area contributed by atoms with Gasteiger partial charge in [-0.2, -0.15) is 0 Å².